The van der Waals surface area contributed by atoms with E-state index in [1.165, 1.54) is 0 Å². The van der Waals surface area contributed by atoms with Crippen molar-refractivity contribution < 1.29 is 14.7 Å². The number of hydrogen-bond donors (Lipinski definition) is 1. The van der Waals surface area contributed by atoms with E-state index in [1.807, 2.05) is 16.7 Å². The molecule has 1 rings (SSSR count). The number of amides is 2. The first-order chi connectivity index (χ1) is 9.75. The van der Waals surface area contributed by atoms with Crippen molar-refractivity contribution in [3.63, 3.8) is 0 Å². The molecule has 5 nitrogen and oxygen atoms in total. The highest BCUT2D eigenvalue weighted by molar-refractivity contribution is 5.76. The molecule has 0 spiro atoms. The Kier molecular flexibility index (Phi) is 6.05. The van der Waals surface area contributed by atoms with Gasteiger partial charge in [0.1, 0.15) is 0 Å². The van der Waals surface area contributed by atoms with E-state index in [1.54, 1.807) is 13.8 Å². The Morgan fingerprint density at radius 2 is 2.00 bits per heavy atom. The molecule has 0 aromatic rings. The third kappa shape index (κ3) is 3.89. The number of carbonyl (C=O) groups excluding carboxylic acids is 1. The summed E-state index contributed by atoms with van der Waals surface area (Å²) in [6.45, 7) is 11.6. The first-order valence-corrected chi connectivity index (χ1v) is 8.04. The maximum Gasteiger partial charge on any atom is 0.320 e. The maximum absolute atomic E-state index is 12.7. The molecule has 1 N–H and O–H groups in total. The van der Waals surface area contributed by atoms with E-state index in [2.05, 4.69) is 13.8 Å². The monoisotopic (exact) mass is 298 g/mol. The van der Waals surface area contributed by atoms with Crippen molar-refractivity contribution in [2.75, 3.05) is 19.6 Å². The Bertz CT molecular complexity index is 382. The van der Waals surface area contributed by atoms with E-state index < -0.39 is 11.4 Å². The third-order valence-corrected chi connectivity index (χ3v) is 4.97. The number of aliphatic carboxylic acids is 1. The number of nitrogens with zero attached hydrogens (tertiary/aromatic N) is 2. The van der Waals surface area contributed by atoms with Crippen LogP contribution in [0.4, 0.5) is 4.79 Å². The van der Waals surface area contributed by atoms with Crippen molar-refractivity contribution >= 4 is 12.0 Å². The van der Waals surface area contributed by atoms with Crippen LogP contribution in [0.15, 0.2) is 0 Å². The van der Waals surface area contributed by atoms with Gasteiger partial charge in [-0.15, -0.1) is 0 Å². The Hall–Kier alpha value is -1.26. The first-order valence-electron chi connectivity index (χ1n) is 8.04. The second-order valence-electron chi connectivity index (χ2n) is 6.64. The fraction of sp³-hybridized carbons (Fsp3) is 0.875. The zero-order chi connectivity index (χ0) is 16.2. The zero-order valence-electron chi connectivity index (χ0n) is 14.1. The zero-order valence-corrected chi connectivity index (χ0v) is 14.1. The molecule has 1 aliphatic heterocycles. The summed E-state index contributed by atoms with van der Waals surface area (Å²) in [7, 11) is 0. The number of hydrogen-bond acceptors (Lipinski definition) is 2. The summed E-state index contributed by atoms with van der Waals surface area (Å²) in [5.41, 5.74) is -0.785. The maximum atomic E-state index is 12.7. The SMILES string of the molecule is CCC(C)N(CC)C(=O)N1CCCC(C(C)(C)C(=O)O)C1. The van der Waals surface area contributed by atoms with Gasteiger partial charge < -0.3 is 14.9 Å². The molecule has 1 fully saturated rings. The smallest absolute Gasteiger partial charge is 0.320 e. The van der Waals surface area contributed by atoms with Gasteiger partial charge in [0.15, 0.2) is 0 Å². The Labute approximate surface area is 128 Å². The summed E-state index contributed by atoms with van der Waals surface area (Å²) in [5.74, 6) is -0.764. The van der Waals surface area contributed by atoms with E-state index in [4.69, 9.17) is 0 Å². The molecule has 1 aliphatic rings. The van der Waals surface area contributed by atoms with Crippen LogP contribution in [0.3, 0.4) is 0 Å². The van der Waals surface area contributed by atoms with E-state index in [-0.39, 0.29) is 18.0 Å². The molecule has 0 aliphatic carbocycles. The number of piperidine rings is 1. The Balaban J connectivity index is 2.80. The number of rotatable bonds is 5. The molecule has 0 bridgehead atoms. The van der Waals surface area contributed by atoms with Gasteiger partial charge in [0.05, 0.1) is 5.41 Å². The summed E-state index contributed by atoms with van der Waals surface area (Å²) in [6, 6.07) is 0.271. The fourth-order valence-corrected chi connectivity index (χ4v) is 2.95. The lowest BCUT2D eigenvalue weighted by Crippen LogP contribution is -2.52. The molecular formula is C16H30N2O3. The molecular weight excluding hydrogens is 268 g/mol. The highest BCUT2D eigenvalue weighted by Crippen LogP contribution is 2.34. The molecule has 0 radical (unpaired) electrons. The molecule has 0 saturated carbocycles. The minimum absolute atomic E-state index is 0.0170. The van der Waals surface area contributed by atoms with Gasteiger partial charge in [-0.25, -0.2) is 4.79 Å². The van der Waals surface area contributed by atoms with Gasteiger partial charge in [0.2, 0.25) is 0 Å². The van der Waals surface area contributed by atoms with Crippen LogP contribution in [0.25, 0.3) is 0 Å². The lowest BCUT2D eigenvalue weighted by Gasteiger charge is -2.41. The van der Waals surface area contributed by atoms with Crippen LogP contribution >= 0.6 is 0 Å². The van der Waals surface area contributed by atoms with Crippen LogP contribution in [0, 0.1) is 11.3 Å². The van der Waals surface area contributed by atoms with E-state index in [0.717, 1.165) is 25.8 Å². The lowest BCUT2D eigenvalue weighted by molar-refractivity contribution is -0.151. The molecule has 0 aromatic heterocycles. The van der Waals surface area contributed by atoms with Crippen molar-refractivity contribution in [2.45, 2.75) is 59.9 Å². The average molecular weight is 298 g/mol. The average Bonchev–Trinajstić information content (AvgIpc) is 2.47. The second-order valence-corrected chi connectivity index (χ2v) is 6.64. The summed E-state index contributed by atoms with van der Waals surface area (Å²) in [5, 5.41) is 9.39. The van der Waals surface area contributed by atoms with E-state index in [9.17, 15) is 14.7 Å². The van der Waals surface area contributed by atoms with Gasteiger partial charge in [-0.3, -0.25) is 4.79 Å². The number of carboxylic acid groups (broad SMARTS) is 1. The topological polar surface area (TPSA) is 60.9 Å². The quantitative estimate of drug-likeness (QED) is 0.848. The highest BCUT2D eigenvalue weighted by atomic mass is 16.4. The lowest BCUT2D eigenvalue weighted by atomic mass is 9.74. The molecule has 21 heavy (non-hydrogen) atoms. The van der Waals surface area contributed by atoms with E-state index >= 15 is 0 Å². The normalized spacial score (nSPS) is 21.0. The minimum atomic E-state index is -0.785. The molecule has 2 unspecified atom stereocenters. The predicted octanol–water partition coefficient (Wildman–Crippen LogP) is 3.05. The summed E-state index contributed by atoms with van der Waals surface area (Å²) < 4.78 is 0. The van der Waals surface area contributed by atoms with Crippen LogP contribution in [0.2, 0.25) is 0 Å². The van der Waals surface area contributed by atoms with Gasteiger partial charge >= 0.3 is 12.0 Å². The van der Waals surface area contributed by atoms with E-state index in [0.29, 0.717) is 13.1 Å². The molecule has 1 heterocycles. The highest BCUT2D eigenvalue weighted by Gasteiger charge is 2.40. The molecule has 122 valence electrons. The van der Waals surface area contributed by atoms with Gasteiger partial charge in [-0.05, 0) is 52.9 Å². The standard InChI is InChI=1S/C16H30N2O3/c1-6-12(3)18(7-2)15(21)17-10-8-9-13(11-17)16(4,5)14(19)20/h12-13H,6-11H2,1-5H3,(H,19,20). The fourth-order valence-electron chi connectivity index (χ4n) is 2.95. The Morgan fingerprint density at radius 1 is 1.38 bits per heavy atom. The van der Waals surface area contributed by atoms with Crippen LogP contribution in [-0.4, -0.2) is 52.6 Å². The molecule has 2 amide bonds. The van der Waals surface area contributed by atoms with Crippen molar-refractivity contribution in [2.24, 2.45) is 11.3 Å². The number of carboxylic acids is 1. The minimum Gasteiger partial charge on any atom is -0.481 e. The van der Waals surface area contributed by atoms with Gasteiger partial charge in [0, 0.05) is 25.7 Å². The number of urea groups is 1. The Morgan fingerprint density at radius 3 is 2.48 bits per heavy atom. The second kappa shape index (κ2) is 7.14. The van der Waals surface area contributed by atoms with Crippen molar-refractivity contribution in [1.82, 2.24) is 9.80 Å². The van der Waals surface area contributed by atoms with Crippen molar-refractivity contribution in [1.29, 1.82) is 0 Å². The van der Waals surface area contributed by atoms with Crippen LogP contribution in [0.1, 0.15) is 53.9 Å². The first kappa shape index (κ1) is 17.8. The largest absolute Gasteiger partial charge is 0.481 e. The number of carbonyl (C=O) groups is 2. The summed E-state index contributed by atoms with van der Waals surface area (Å²) in [4.78, 5) is 27.8. The molecule has 2 atom stereocenters. The van der Waals surface area contributed by atoms with Crippen LogP contribution in [0.5, 0.6) is 0 Å². The van der Waals surface area contributed by atoms with Gasteiger partial charge in [-0.2, -0.15) is 0 Å². The molecule has 1 saturated heterocycles. The van der Waals surface area contributed by atoms with Gasteiger partial charge in [0.25, 0.3) is 0 Å². The third-order valence-electron chi connectivity index (χ3n) is 4.97. The van der Waals surface area contributed by atoms with Crippen LogP contribution < -0.4 is 0 Å². The van der Waals surface area contributed by atoms with Crippen molar-refractivity contribution in [3.05, 3.63) is 0 Å². The molecule has 5 heteroatoms. The van der Waals surface area contributed by atoms with Crippen LogP contribution in [-0.2, 0) is 4.79 Å². The summed E-state index contributed by atoms with van der Waals surface area (Å²) in [6.07, 6.45) is 2.68. The summed E-state index contributed by atoms with van der Waals surface area (Å²) >= 11 is 0. The van der Waals surface area contributed by atoms with Gasteiger partial charge in [-0.1, -0.05) is 6.92 Å². The molecule has 0 aromatic carbocycles. The predicted molar refractivity (Wildman–Crippen MR) is 83.2 cm³/mol. The van der Waals surface area contributed by atoms with Crippen molar-refractivity contribution in [3.8, 4) is 0 Å². The number of likely N-dealkylation sites (tertiary alicyclic amines) is 1.